The largest absolute Gasteiger partial charge is 0.354 e. The fourth-order valence-corrected chi connectivity index (χ4v) is 3.47. The van der Waals surface area contributed by atoms with Crippen LogP contribution in [0.1, 0.15) is 30.4 Å². The van der Waals surface area contributed by atoms with Crippen molar-refractivity contribution in [1.29, 1.82) is 0 Å². The standard InChI is InChI=1S/C24H34N4O2/c25-16-7-14-22(24(30)27-17-8-13-20-9-3-1-4-10-20)28(23(29)19-26)18-15-21-11-5-2-6-12-21/h1-6,9-12,22H,7-8,13-19,25-26H2,(H,27,30). The highest BCUT2D eigenvalue weighted by Crippen LogP contribution is 2.11. The van der Waals surface area contributed by atoms with Crippen LogP contribution in [0.5, 0.6) is 0 Å². The van der Waals surface area contributed by atoms with Gasteiger partial charge in [0.25, 0.3) is 0 Å². The van der Waals surface area contributed by atoms with E-state index in [1.165, 1.54) is 5.56 Å². The van der Waals surface area contributed by atoms with E-state index in [1.807, 2.05) is 48.5 Å². The topological polar surface area (TPSA) is 101 Å². The third kappa shape index (κ3) is 7.97. The zero-order valence-corrected chi connectivity index (χ0v) is 17.6. The Morgan fingerprint density at radius 3 is 2.03 bits per heavy atom. The number of rotatable bonds is 13. The Balaban J connectivity index is 1.96. The predicted molar refractivity (Wildman–Crippen MR) is 121 cm³/mol. The lowest BCUT2D eigenvalue weighted by atomic mass is 10.1. The van der Waals surface area contributed by atoms with E-state index in [0.717, 1.165) is 18.4 Å². The maximum atomic E-state index is 12.9. The molecule has 2 amide bonds. The third-order valence-corrected chi connectivity index (χ3v) is 5.12. The van der Waals surface area contributed by atoms with Crippen molar-refractivity contribution in [2.24, 2.45) is 11.5 Å². The number of carbonyl (C=O) groups is 2. The second-order valence-electron chi connectivity index (χ2n) is 7.35. The number of carbonyl (C=O) groups excluding carboxylic acids is 2. The van der Waals surface area contributed by atoms with Crippen LogP contribution in [0.2, 0.25) is 0 Å². The van der Waals surface area contributed by atoms with Crippen LogP contribution in [-0.2, 0) is 22.4 Å². The summed E-state index contributed by atoms with van der Waals surface area (Å²) in [5.41, 5.74) is 13.7. The summed E-state index contributed by atoms with van der Waals surface area (Å²) in [6.45, 7) is 1.37. The van der Waals surface area contributed by atoms with Gasteiger partial charge in [0.2, 0.25) is 11.8 Å². The maximum Gasteiger partial charge on any atom is 0.242 e. The number of benzene rings is 2. The number of hydrogen-bond donors (Lipinski definition) is 3. The fraction of sp³-hybridized carbons (Fsp3) is 0.417. The lowest BCUT2D eigenvalue weighted by Gasteiger charge is -2.31. The van der Waals surface area contributed by atoms with E-state index in [2.05, 4.69) is 17.4 Å². The highest BCUT2D eigenvalue weighted by atomic mass is 16.2. The summed E-state index contributed by atoms with van der Waals surface area (Å²) in [6, 6.07) is 19.6. The Hall–Kier alpha value is -2.70. The zero-order chi connectivity index (χ0) is 21.6. The van der Waals surface area contributed by atoms with Crippen LogP contribution in [0.25, 0.3) is 0 Å². The lowest BCUT2D eigenvalue weighted by Crippen LogP contribution is -2.52. The SMILES string of the molecule is NCCCC(C(=O)NCCCc1ccccc1)N(CCc1ccccc1)C(=O)CN. The molecule has 1 atom stereocenters. The molecule has 2 aromatic carbocycles. The van der Waals surface area contributed by atoms with Gasteiger partial charge in [-0.15, -0.1) is 0 Å². The minimum Gasteiger partial charge on any atom is -0.354 e. The summed E-state index contributed by atoms with van der Waals surface area (Å²) in [7, 11) is 0. The van der Waals surface area contributed by atoms with Gasteiger partial charge in [-0.2, -0.15) is 0 Å². The van der Waals surface area contributed by atoms with Gasteiger partial charge in [0, 0.05) is 13.1 Å². The van der Waals surface area contributed by atoms with Crippen LogP contribution in [0.4, 0.5) is 0 Å². The van der Waals surface area contributed by atoms with Crippen molar-refractivity contribution in [3.63, 3.8) is 0 Å². The molecule has 2 rings (SSSR count). The number of amides is 2. The molecule has 1 unspecified atom stereocenters. The van der Waals surface area contributed by atoms with Crippen molar-refractivity contribution in [3.8, 4) is 0 Å². The quantitative estimate of drug-likeness (QED) is 0.439. The Morgan fingerprint density at radius 1 is 0.867 bits per heavy atom. The van der Waals surface area contributed by atoms with E-state index in [1.54, 1.807) is 4.90 Å². The summed E-state index contributed by atoms with van der Waals surface area (Å²) in [5, 5.41) is 3.01. The minimum atomic E-state index is -0.551. The smallest absolute Gasteiger partial charge is 0.242 e. The molecule has 30 heavy (non-hydrogen) atoms. The van der Waals surface area contributed by atoms with Crippen LogP contribution in [0.15, 0.2) is 60.7 Å². The minimum absolute atomic E-state index is 0.116. The zero-order valence-electron chi connectivity index (χ0n) is 17.6. The molecule has 0 heterocycles. The first-order chi connectivity index (χ1) is 14.7. The van der Waals surface area contributed by atoms with Gasteiger partial charge in [-0.25, -0.2) is 0 Å². The number of nitrogens with one attached hydrogen (secondary N) is 1. The first kappa shape index (κ1) is 23.6. The normalized spacial score (nSPS) is 11.7. The van der Waals surface area contributed by atoms with Crippen LogP contribution < -0.4 is 16.8 Å². The first-order valence-electron chi connectivity index (χ1n) is 10.7. The molecule has 0 saturated carbocycles. The van der Waals surface area contributed by atoms with E-state index in [4.69, 9.17) is 11.5 Å². The Kier molecular flexibility index (Phi) is 10.6. The average molecular weight is 411 g/mol. The molecule has 0 bridgehead atoms. The van der Waals surface area contributed by atoms with Crippen molar-refractivity contribution in [2.45, 2.75) is 38.1 Å². The molecule has 0 fully saturated rings. The second-order valence-corrected chi connectivity index (χ2v) is 7.35. The van der Waals surface area contributed by atoms with Gasteiger partial charge in [0.15, 0.2) is 0 Å². The van der Waals surface area contributed by atoms with Crippen molar-refractivity contribution in [1.82, 2.24) is 10.2 Å². The van der Waals surface area contributed by atoms with E-state index in [9.17, 15) is 9.59 Å². The Morgan fingerprint density at radius 2 is 1.47 bits per heavy atom. The van der Waals surface area contributed by atoms with Crippen LogP contribution in [0.3, 0.4) is 0 Å². The molecule has 0 spiro atoms. The molecule has 0 saturated heterocycles. The van der Waals surface area contributed by atoms with Crippen LogP contribution in [0, 0.1) is 0 Å². The number of nitrogens with two attached hydrogens (primary N) is 2. The van der Waals surface area contributed by atoms with Gasteiger partial charge in [-0.1, -0.05) is 60.7 Å². The molecule has 6 heteroatoms. The highest BCUT2D eigenvalue weighted by molar-refractivity contribution is 5.88. The van der Waals surface area contributed by atoms with E-state index in [0.29, 0.717) is 38.9 Å². The van der Waals surface area contributed by atoms with Gasteiger partial charge in [0.05, 0.1) is 6.54 Å². The predicted octanol–water partition coefficient (Wildman–Crippen LogP) is 1.87. The van der Waals surface area contributed by atoms with Gasteiger partial charge in [0.1, 0.15) is 6.04 Å². The van der Waals surface area contributed by atoms with Crippen molar-refractivity contribution >= 4 is 11.8 Å². The monoisotopic (exact) mass is 410 g/mol. The maximum absolute atomic E-state index is 12.9. The Bertz CT molecular complexity index is 752. The highest BCUT2D eigenvalue weighted by Gasteiger charge is 2.28. The number of aryl methyl sites for hydroxylation is 1. The van der Waals surface area contributed by atoms with Gasteiger partial charge < -0.3 is 21.7 Å². The van der Waals surface area contributed by atoms with Crippen molar-refractivity contribution in [3.05, 3.63) is 71.8 Å². The van der Waals surface area contributed by atoms with Gasteiger partial charge in [-0.05, 0) is 49.8 Å². The molecule has 0 radical (unpaired) electrons. The van der Waals surface area contributed by atoms with E-state index < -0.39 is 6.04 Å². The molecule has 0 aliphatic heterocycles. The van der Waals surface area contributed by atoms with Gasteiger partial charge >= 0.3 is 0 Å². The first-order valence-corrected chi connectivity index (χ1v) is 10.7. The average Bonchev–Trinajstić information content (AvgIpc) is 2.79. The van der Waals surface area contributed by atoms with Crippen molar-refractivity contribution < 1.29 is 9.59 Å². The molecule has 6 nitrogen and oxygen atoms in total. The van der Waals surface area contributed by atoms with Crippen molar-refractivity contribution in [2.75, 3.05) is 26.2 Å². The number of hydrogen-bond acceptors (Lipinski definition) is 4. The second kappa shape index (κ2) is 13.5. The summed E-state index contributed by atoms with van der Waals surface area (Å²) in [6.07, 6.45) is 3.61. The Labute approximate surface area is 179 Å². The van der Waals surface area contributed by atoms with Crippen LogP contribution in [-0.4, -0.2) is 48.9 Å². The van der Waals surface area contributed by atoms with Gasteiger partial charge in [-0.3, -0.25) is 9.59 Å². The van der Waals surface area contributed by atoms with Crippen LogP contribution >= 0.6 is 0 Å². The number of nitrogens with zero attached hydrogens (tertiary/aromatic N) is 1. The molecule has 0 aliphatic carbocycles. The van der Waals surface area contributed by atoms with E-state index >= 15 is 0 Å². The lowest BCUT2D eigenvalue weighted by molar-refractivity contribution is -0.139. The fourth-order valence-electron chi connectivity index (χ4n) is 3.47. The summed E-state index contributed by atoms with van der Waals surface area (Å²) in [4.78, 5) is 27.1. The summed E-state index contributed by atoms with van der Waals surface area (Å²) >= 11 is 0. The molecular weight excluding hydrogens is 376 g/mol. The molecule has 5 N–H and O–H groups in total. The third-order valence-electron chi connectivity index (χ3n) is 5.12. The molecule has 0 aromatic heterocycles. The summed E-state index contributed by atoms with van der Waals surface area (Å²) in [5.74, 6) is -0.348. The molecular formula is C24H34N4O2. The molecule has 0 aliphatic rings. The molecule has 162 valence electrons. The van der Waals surface area contributed by atoms with E-state index in [-0.39, 0.29) is 18.4 Å². The molecule has 2 aromatic rings. The summed E-state index contributed by atoms with van der Waals surface area (Å²) < 4.78 is 0.